The fourth-order valence-electron chi connectivity index (χ4n) is 4.83. The molecule has 5 rings (SSSR count). The van der Waals surface area contributed by atoms with Crippen LogP contribution in [-0.2, 0) is 22.3 Å². The molecule has 0 saturated carbocycles. The Balaban J connectivity index is 1.32. The molecule has 29 heavy (non-hydrogen) atoms. The van der Waals surface area contributed by atoms with Gasteiger partial charge in [-0.15, -0.1) is 0 Å². The summed E-state index contributed by atoms with van der Waals surface area (Å²) in [5.41, 5.74) is 3.50. The summed E-state index contributed by atoms with van der Waals surface area (Å²) in [5.74, 6) is -0.623. The molecule has 0 bridgehead atoms. The average Bonchev–Trinajstić information content (AvgIpc) is 3.30. The zero-order valence-corrected chi connectivity index (χ0v) is 16.8. The molecule has 0 radical (unpaired) electrons. The van der Waals surface area contributed by atoms with Crippen molar-refractivity contribution in [3.8, 4) is 0 Å². The number of aromatic nitrogens is 1. The minimum Gasteiger partial charge on any atom is -0.438 e. The number of benzene rings is 1. The average molecular weight is 397 g/mol. The Morgan fingerprint density at radius 1 is 1.10 bits per heavy atom. The first-order valence-corrected chi connectivity index (χ1v) is 10.4. The van der Waals surface area contributed by atoms with Crippen LogP contribution in [0.1, 0.15) is 33.8 Å². The molecule has 1 aliphatic carbocycles. The normalized spacial score (nSPS) is 25.9. The summed E-state index contributed by atoms with van der Waals surface area (Å²) in [6.07, 6.45) is 4.41. The zero-order valence-electron chi connectivity index (χ0n) is 16.8. The van der Waals surface area contributed by atoms with E-state index in [4.69, 9.17) is 13.9 Å². The van der Waals surface area contributed by atoms with Crippen LogP contribution in [-0.4, -0.2) is 71.9 Å². The van der Waals surface area contributed by atoms with Gasteiger partial charge in [-0.05, 0) is 37.3 Å². The van der Waals surface area contributed by atoms with E-state index in [9.17, 15) is 4.79 Å². The minimum atomic E-state index is -0.785. The van der Waals surface area contributed by atoms with Crippen LogP contribution in [0.3, 0.4) is 0 Å². The summed E-state index contributed by atoms with van der Waals surface area (Å²) in [5, 5.41) is 0. The summed E-state index contributed by atoms with van der Waals surface area (Å²) < 4.78 is 17.7. The Labute approximate surface area is 170 Å². The van der Waals surface area contributed by atoms with Gasteiger partial charge in [0.15, 0.2) is 12.2 Å². The van der Waals surface area contributed by atoms with Crippen LogP contribution >= 0.6 is 0 Å². The lowest BCUT2D eigenvalue weighted by molar-refractivity contribution is -0.262. The first kappa shape index (κ1) is 18.8. The first-order valence-electron chi connectivity index (χ1n) is 10.4. The lowest BCUT2D eigenvalue weighted by atomic mass is 10.1. The second-order valence-electron chi connectivity index (χ2n) is 8.26. The lowest BCUT2D eigenvalue weighted by Gasteiger charge is -2.44. The highest BCUT2D eigenvalue weighted by atomic mass is 16.7. The number of rotatable bonds is 2. The molecule has 2 saturated heterocycles. The van der Waals surface area contributed by atoms with Gasteiger partial charge in [-0.1, -0.05) is 24.3 Å². The summed E-state index contributed by atoms with van der Waals surface area (Å²) in [4.78, 5) is 21.3. The van der Waals surface area contributed by atoms with Crippen molar-refractivity contribution in [2.45, 2.75) is 38.0 Å². The fourth-order valence-corrected chi connectivity index (χ4v) is 4.83. The van der Waals surface area contributed by atoms with Crippen LogP contribution in [0.4, 0.5) is 0 Å². The van der Waals surface area contributed by atoms with Gasteiger partial charge in [0.2, 0.25) is 5.76 Å². The molecule has 1 amide bonds. The highest BCUT2D eigenvalue weighted by molar-refractivity contribution is 5.92. The van der Waals surface area contributed by atoms with Gasteiger partial charge in [-0.25, -0.2) is 4.98 Å². The van der Waals surface area contributed by atoms with Crippen molar-refractivity contribution >= 4 is 5.91 Å². The number of ether oxygens (including phenoxy) is 2. The minimum absolute atomic E-state index is 0.143. The third-order valence-electron chi connectivity index (χ3n) is 6.33. The van der Waals surface area contributed by atoms with Crippen LogP contribution in [0, 0.1) is 6.92 Å². The molecule has 2 aromatic rings. The third kappa shape index (κ3) is 3.58. The molecule has 7 heteroatoms. The lowest BCUT2D eigenvalue weighted by Crippen LogP contribution is -2.60. The van der Waals surface area contributed by atoms with E-state index in [1.165, 1.54) is 17.5 Å². The highest BCUT2D eigenvalue weighted by Crippen LogP contribution is 2.31. The van der Waals surface area contributed by atoms with E-state index in [2.05, 4.69) is 34.1 Å². The maximum atomic E-state index is 12.9. The number of hydrogen-bond donors (Lipinski definition) is 0. The van der Waals surface area contributed by atoms with Crippen LogP contribution in [0.25, 0.3) is 0 Å². The SMILES string of the molecule is Cc1ncoc1C(=O)N1CCOC2(C1)CN(C1Cc3ccccc3C1)CCCO2. The number of fused-ring (bicyclic) bond motifs is 1. The van der Waals surface area contributed by atoms with Gasteiger partial charge in [-0.2, -0.15) is 0 Å². The molecule has 7 nitrogen and oxygen atoms in total. The van der Waals surface area contributed by atoms with Gasteiger partial charge >= 0.3 is 0 Å². The van der Waals surface area contributed by atoms with Crippen molar-refractivity contribution in [2.75, 3.05) is 39.4 Å². The number of aryl methyl sites for hydroxylation is 1. The fraction of sp³-hybridized carbons (Fsp3) is 0.545. The molecule has 1 aromatic carbocycles. The largest absolute Gasteiger partial charge is 0.438 e. The van der Waals surface area contributed by atoms with Crippen LogP contribution in [0.5, 0.6) is 0 Å². The summed E-state index contributed by atoms with van der Waals surface area (Å²) >= 11 is 0. The Morgan fingerprint density at radius 2 is 1.86 bits per heavy atom. The van der Waals surface area contributed by atoms with Gasteiger partial charge in [0.25, 0.3) is 5.91 Å². The predicted octanol–water partition coefficient (Wildman–Crippen LogP) is 2.04. The van der Waals surface area contributed by atoms with Crippen LogP contribution in [0.15, 0.2) is 35.1 Å². The van der Waals surface area contributed by atoms with E-state index in [0.29, 0.717) is 50.3 Å². The second-order valence-corrected chi connectivity index (χ2v) is 8.26. The molecule has 154 valence electrons. The van der Waals surface area contributed by atoms with E-state index >= 15 is 0 Å². The Morgan fingerprint density at radius 3 is 2.59 bits per heavy atom. The molecule has 1 spiro atoms. The van der Waals surface area contributed by atoms with Crippen molar-refractivity contribution in [1.82, 2.24) is 14.8 Å². The smallest absolute Gasteiger partial charge is 0.291 e. The molecule has 1 atom stereocenters. The van der Waals surface area contributed by atoms with Gasteiger partial charge in [0, 0.05) is 19.1 Å². The van der Waals surface area contributed by atoms with E-state index in [0.717, 1.165) is 25.8 Å². The van der Waals surface area contributed by atoms with Crippen molar-refractivity contribution in [2.24, 2.45) is 0 Å². The van der Waals surface area contributed by atoms with Gasteiger partial charge in [0.1, 0.15) is 0 Å². The first-order chi connectivity index (χ1) is 14.1. The van der Waals surface area contributed by atoms with E-state index in [1.54, 1.807) is 11.8 Å². The molecule has 1 aromatic heterocycles. The second kappa shape index (κ2) is 7.55. The molecule has 2 aliphatic heterocycles. The Kier molecular flexibility index (Phi) is 4.89. The number of carbonyl (C=O) groups excluding carboxylic acids is 1. The predicted molar refractivity (Wildman–Crippen MR) is 106 cm³/mol. The van der Waals surface area contributed by atoms with E-state index in [1.807, 2.05) is 0 Å². The standard InChI is InChI=1S/C22H27N3O4/c1-16-20(27-15-23-16)21(26)25-8-10-29-22(14-25)13-24(7-4-9-28-22)19-11-17-5-2-3-6-18(17)12-19/h2-3,5-6,15,19H,4,7-14H2,1H3. The molecule has 0 N–H and O–H groups in total. The monoisotopic (exact) mass is 397 g/mol. The summed E-state index contributed by atoms with van der Waals surface area (Å²) in [6, 6.07) is 9.16. The number of nitrogens with zero attached hydrogens (tertiary/aromatic N) is 3. The molecule has 3 heterocycles. The van der Waals surface area contributed by atoms with Gasteiger partial charge in [-0.3, -0.25) is 9.69 Å². The molecular weight excluding hydrogens is 370 g/mol. The number of hydrogen-bond acceptors (Lipinski definition) is 6. The van der Waals surface area contributed by atoms with Gasteiger partial charge < -0.3 is 18.8 Å². The van der Waals surface area contributed by atoms with E-state index < -0.39 is 5.79 Å². The number of carbonyl (C=O) groups is 1. The maximum Gasteiger partial charge on any atom is 0.291 e. The Hall–Kier alpha value is -2.22. The quantitative estimate of drug-likeness (QED) is 0.773. The highest BCUT2D eigenvalue weighted by Gasteiger charge is 2.44. The third-order valence-corrected chi connectivity index (χ3v) is 6.33. The van der Waals surface area contributed by atoms with Crippen molar-refractivity contribution in [3.05, 3.63) is 53.2 Å². The number of oxazole rings is 1. The van der Waals surface area contributed by atoms with E-state index in [-0.39, 0.29) is 5.91 Å². The van der Waals surface area contributed by atoms with Crippen molar-refractivity contribution in [1.29, 1.82) is 0 Å². The zero-order chi connectivity index (χ0) is 19.8. The number of morpholine rings is 1. The topological polar surface area (TPSA) is 68.0 Å². The van der Waals surface area contributed by atoms with Crippen LogP contribution < -0.4 is 0 Å². The van der Waals surface area contributed by atoms with Gasteiger partial charge in [0.05, 0.1) is 32.0 Å². The van der Waals surface area contributed by atoms with Crippen molar-refractivity contribution in [3.63, 3.8) is 0 Å². The molecule has 3 aliphatic rings. The summed E-state index contributed by atoms with van der Waals surface area (Å²) in [6.45, 7) is 5.47. The maximum absolute atomic E-state index is 12.9. The number of amides is 1. The Bertz CT molecular complexity index is 873. The van der Waals surface area contributed by atoms with Crippen LogP contribution in [0.2, 0.25) is 0 Å². The molecule has 1 unspecified atom stereocenters. The molecular formula is C22H27N3O4. The van der Waals surface area contributed by atoms with Crippen molar-refractivity contribution < 1.29 is 18.7 Å². The molecule has 2 fully saturated rings. The summed E-state index contributed by atoms with van der Waals surface area (Å²) in [7, 11) is 0.